The van der Waals surface area contributed by atoms with Gasteiger partial charge in [0.25, 0.3) is 0 Å². The van der Waals surface area contributed by atoms with Crippen molar-refractivity contribution in [2.24, 2.45) is 11.8 Å². The number of hydrogen-bond acceptors (Lipinski definition) is 4. The van der Waals surface area contributed by atoms with Crippen LogP contribution in [0.15, 0.2) is 24.3 Å². The van der Waals surface area contributed by atoms with Crippen LogP contribution in [-0.4, -0.2) is 57.6 Å². The third kappa shape index (κ3) is 4.87. The smallest absolute Gasteiger partial charge is 0.337 e. The minimum atomic E-state index is -0.518. The molecule has 190 valence electrons. The lowest BCUT2D eigenvalue weighted by Gasteiger charge is -2.49. The summed E-state index contributed by atoms with van der Waals surface area (Å²) in [4.78, 5) is 43.9. The summed E-state index contributed by atoms with van der Waals surface area (Å²) < 4.78 is 0. The van der Waals surface area contributed by atoms with E-state index in [0.717, 1.165) is 24.8 Å². The molecule has 2 saturated carbocycles. The highest BCUT2D eigenvalue weighted by Crippen LogP contribution is 2.40. The van der Waals surface area contributed by atoms with Gasteiger partial charge < -0.3 is 10.2 Å². The van der Waals surface area contributed by atoms with Crippen LogP contribution in [0.3, 0.4) is 0 Å². The maximum atomic E-state index is 13.7. The number of amides is 4. The van der Waals surface area contributed by atoms with E-state index in [1.54, 1.807) is 16.0 Å². The Morgan fingerprint density at radius 1 is 1.14 bits per heavy atom. The molecule has 4 fully saturated rings. The summed E-state index contributed by atoms with van der Waals surface area (Å²) in [6.45, 7) is 2.97. The molecule has 0 spiro atoms. The second-order valence-electron chi connectivity index (χ2n) is 10.5. The van der Waals surface area contributed by atoms with E-state index in [1.165, 1.54) is 19.3 Å². The van der Waals surface area contributed by atoms with Crippen molar-refractivity contribution in [2.75, 3.05) is 6.54 Å². The zero-order valence-electron chi connectivity index (χ0n) is 20.4. The number of fused-ring (bicyclic) bond motifs is 3. The molecule has 2 aliphatic carbocycles. The molecule has 2 heterocycles. The molecule has 35 heavy (non-hydrogen) atoms. The summed E-state index contributed by atoms with van der Waals surface area (Å²) in [5, 5.41) is 5.47. The van der Waals surface area contributed by atoms with Gasteiger partial charge >= 0.3 is 6.03 Å². The quantitative estimate of drug-likeness (QED) is 0.620. The summed E-state index contributed by atoms with van der Waals surface area (Å²) in [5.41, 5.74) is 4.20. The van der Waals surface area contributed by atoms with Gasteiger partial charge in [-0.3, -0.25) is 19.5 Å². The van der Waals surface area contributed by atoms with Crippen molar-refractivity contribution in [1.82, 2.24) is 25.6 Å². The van der Waals surface area contributed by atoms with Gasteiger partial charge in [-0.15, -0.1) is 0 Å². The summed E-state index contributed by atoms with van der Waals surface area (Å²) >= 11 is 6.15. The van der Waals surface area contributed by atoms with E-state index < -0.39 is 6.29 Å². The first-order valence-electron chi connectivity index (χ1n) is 13.2. The second kappa shape index (κ2) is 10.3. The maximum absolute atomic E-state index is 13.7. The molecule has 1 aromatic carbocycles. The lowest BCUT2D eigenvalue weighted by molar-refractivity contribution is -0.158. The van der Waals surface area contributed by atoms with Gasteiger partial charge in [-0.1, -0.05) is 49.9 Å². The molecular weight excluding hydrogens is 466 g/mol. The lowest BCUT2D eigenvalue weighted by atomic mass is 9.75. The van der Waals surface area contributed by atoms with Crippen LogP contribution in [0.5, 0.6) is 0 Å². The van der Waals surface area contributed by atoms with Crippen LogP contribution < -0.4 is 10.7 Å². The number of benzene rings is 1. The Hall–Kier alpha value is -2.32. The van der Waals surface area contributed by atoms with Crippen molar-refractivity contribution >= 4 is 29.4 Å². The number of carbonyl (C=O) groups excluding carboxylic acids is 3. The lowest BCUT2D eigenvalue weighted by Crippen LogP contribution is -2.67. The van der Waals surface area contributed by atoms with Crippen molar-refractivity contribution in [1.29, 1.82) is 0 Å². The first-order valence-corrected chi connectivity index (χ1v) is 13.6. The Bertz CT molecular complexity index is 968. The van der Waals surface area contributed by atoms with Crippen LogP contribution in [0.1, 0.15) is 70.3 Å². The summed E-state index contributed by atoms with van der Waals surface area (Å²) in [5.74, 6) is -0.243. The summed E-state index contributed by atoms with van der Waals surface area (Å²) in [6, 6.07) is 7.29. The molecule has 2 saturated heterocycles. The maximum Gasteiger partial charge on any atom is 0.337 e. The van der Waals surface area contributed by atoms with Crippen molar-refractivity contribution in [3.8, 4) is 0 Å². The molecule has 8 nitrogen and oxygen atoms in total. The largest absolute Gasteiger partial charge is 0.353 e. The van der Waals surface area contributed by atoms with Gasteiger partial charge in [0.05, 0.1) is 12.5 Å². The molecule has 1 aromatic rings. The minimum Gasteiger partial charge on any atom is -0.353 e. The third-order valence-electron chi connectivity index (χ3n) is 8.07. The molecule has 4 aliphatic rings. The van der Waals surface area contributed by atoms with Gasteiger partial charge in [0, 0.05) is 29.6 Å². The Balaban J connectivity index is 1.34. The average Bonchev–Trinajstić information content (AvgIpc) is 3.17. The number of halogens is 1. The number of hydrogen-bond donors (Lipinski definition) is 2. The van der Waals surface area contributed by atoms with Crippen LogP contribution in [0.2, 0.25) is 5.02 Å². The minimum absolute atomic E-state index is 0.0886. The highest BCUT2D eigenvalue weighted by molar-refractivity contribution is 6.30. The van der Waals surface area contributed by atoms with Crippen LogP contribution in [0.25, 0.3) is 0 Å². The van der Waals surface area contributed by atoms with Crippen LogP contribution in [0, 0.1) is 11.8 Å². The Labute approximate surface area is 212 Å². The van der Waals surface area contributed by atoms with Crippen molar-refractivity contribution in [3.05, 3.63) is 34.9 Å². The van der Waals surface area contributed by atoms with Gasteiger partial charge in [-0.05, 0) is 56.2 Å². The van der Waals surface area contributed by atoms with Gasteiger partial charge in [0.1, 0.15) is 0 Å². The van der Waals surface area contributed by atoms with Crippen molar-refractivity contribution in [3.63, 3.8) is 0 Å². The molecule has 0 bridgehead atoms. The third-order valence-corrected chi connectivity index (χ3v) is 8.31. The highest BCUT2D eigenvalue weighted by Gasteiger charge is 2.55. The molecule has 2 aliphatic heterocycles. The number of hydrazine groups is 1. The normalized spacial score (nSPS) is 29.3. The second-order valence-corrected chi connectivity index (χ2v) is 10.9. The Morgan fingerprint density at radius 2 is 1.94 bits per heavy atom. The zero-order chi connectivity index (χ0) is 24.5. The highest BCUT2D eigenvalue weighted by atomic mass is 35.5. The number of urea groups is 1. The molecule has 4 unspecified atom stereocenters. The molecular formula is C26H36ClN5O3. The van der Waals surface area contributed by atoms with E-state index in [-0.39, 0.29) is 41.8 Å². The van der Waals surface area contributed by atoms with Crippen LogP contribution in [0.4, 0.5) is 4.79 Å². The van der Waals surface area contributed by atoms with E-state index in [1.807, 2.05) is 30.0 Å². The predicted molar refractivity (Wildman–Crippen MR) is 133 cm³/mol. The SMILES string of the molecule is CCCN1C(=O)C2CCC(C(=O)NC3CCCCC3)CC2N2C(=O)N(Cc3cccc(Cl)c3)NC12. The summed E-state index contributed by atoms with van der Waals surface area (Å²) in [7, 11) is 0. The topological polar surface area (TPSA) is 85.0 Å². The molecule has 4 atom stereocenters. The van der Waals surface area contributed by atoms with Crippen molar-refractivity contribution in [2.45, 2.75) is 89.6 Å². The van der Waals surface area contributed by atoms with Crippen LogP contribution >= 0.6 is 11.6 Å². The molecule has 2 N–H and O–H groups in total. The Kier molecular flexibility index (Phi) is 7.21. The monoisotopic (exact) mass is 501 g/mol. The first kappa shape index (κ1) is 24.4. The fraction of sp³-hybridized carbons (Fsp3) is 0.654. The van der Waals surface area contributed by atoms with Crippen LogP contribution in [-0.2, 0) is 16.1 Å². The van der Waals surface area contributed by atoms with Crippen molar-refractivity contribution < 1.29 is 14.4 Å². The molecule has 4 amide bonds. The first-order chi connectivity index (χ1) is 17.0. The zero-order valence-corrected chi connectivity index (χ0v) is 21.2. The fourth-order valence-electron chi connectivity index (χ4n) is 6.33. The van der Waals surface area contributed by atoms with E-state index in [0.29, 0.717) is 37.4 Å². The number of nitrogens with one attached hydrogen (secondary N) is 2. The van der Waals surface area contributed by atoms with E-state index in [4.69, 9.17) is 11.6 Å². The van der Waals surface area contributed by atoms with Gasteiger partial charge in [-0.25, -0.2) is 4.79 Å². The fourth-order valence-corrected chi connectivity index (χ4v) is 6.54. The van der Waals surface area contributed by atoms with E-state index >= 15 is 0 Å². The number of carbonyl (C=O) groups is 3. The molecule has 0 radical (unpaired) electrons. The Morgan fingerprint density at radius 3 is 2.69 bits per heavy atom. The van der Waals surface area contributed by atoms with Gasteiger partial charge in [0.2, 0.25) is 11.8 Å². The molecule has 5 rings (SSSR count). The van der Waals surface area contributed by atoms with E-state index in [9.17, 15) is 14.4 Å². The number of rotatable bonds is 6. The molecule has 0 aromatic heterocycles. The summed E-state index contributed by atoms with van der Waals surface area (Å²) in [6.07, 6.45) is 7.82. The number of nitrogens with zero attached hydrogens (tertiary/aromatic N) is 3. The van der Waals surface area contributed by atoms with Gasteiger partial charge in [-0.2, -0.15) is 5.43 Å². The van der Waals surface area contributed by atoms with E-state index in [2.05, 4.69) is 10.7 Å². The van der Waals surface area contributed by atoms with Gasteiger partial charge in [0.15, 0.2) is 6.29 Å². The average molecular weight is 502 g/mol. The molecule has 9 heteroatoms. The predicted octanol–water partition coefficient (Wildman–Crippen LogP) is 3.85. The standard InChI is InChI=1S/C26H36ClN5O3/c1-2-13-30-24(34)21-12-11-18(23(33)28-20-9-4-3-5-10-20)15-22(21)32-25(30)29-31(26(32)35)16-17-7-6-8-19(27)14-17/h6-8,14,18,20-22,25,29H,2-5,9-13,15-16H2,1H3,(H,28,33).